The summed E-state index contributed by atoms with van der Waals surface area (Å²) in [7, 11) is 0. The zero-order valence-corrected chi connectivity index (χ0v) is 28.4. The lowest BCUT2D eigenvalue weighted by molar-refractivity contribution is 0.197. The molecular weight excluding hydrogens is 603 g/mol. The van der Waals surface area contributed by atoms with Gasteiger partial charge in [0.25, 0.3) is 0 Å². The normalized spacial score (nSPS) is 17.5. The van der Waals surface area contributed by atoms with Gasteiger partial charge in [0.1, 0.15) is 23.4 Å². The average Bonchev–Trinajstić information content (AvgIpc) is 3.68. The Balaban J connectivity index is 1.14. The monoisotopic (exact) mass is 639 g/mol. The third-order valence-electron chi connectivity index (χ3n) is 10.2. The first-order valence-electron chi connectivity index (χ1n) is 17.0. The molecule has 2 aliphatic heterocycles. The molecule has 0 unspecified atom stereocenters. The summed E-state index contributed by atoms with van der Waals surface area (Å²) in [6.07, 6.45) is 1.67. The number of aliphatic imine (C=N–C) groups is 1. The van der Waals surface area contributed by atoms with Crippen LogP contribution in [0, 0.1) is 20.8 Å². The van der Waals surface area contributed by atoms with Crippen molar-refractivity contribution < 1.29 is 9.47 Å². The van der Waals surface area contributed by atoms with E-state index in [-0.39, 0.29) is 17.6 Å². The predicted octanol–water partition coefficient (Wildman–Crippen LogP) is 10.8. The molecular formula is C44H37N3O2. The van der Waals surface area contributed by atoms with E-state index in [0.717, 1.165) is 50.7 Å². The summed E-state index contributed by atoms with van der Waals surface area (Å²) >= 11 is 0. The number of ether oxygens (including phenoxy) is 2. The van der Waals surface area contributed by atoms with Crippen LogP contribution in [0.4, 0.5) is 0 Å². The Morgan fingerprint density at radius 3 is 2.22 bits per heavy atom. The molecule has 0 spiro atoms. The zero-order valence-electron chi connectivity index (χ0n) is 28.4. The maximum atomic E-state index is 6.77. The molecule has 2 aromatic heterocycles. The SMILES string of the molecule is Cc1cc(Oc2cc3c(cc2C)c2cc(C)cc4c2n3-c2ncccc2C4(C)C)cc(C2=N[C@H](c3ccccc3)[C@@H](c3ccccc3)O2)c1. The van der Waals surface area contributed by atoms with Crippen molar-refractivity contribution in [1.29, 1.82) is 0 Å². The van der Waals surface area contributed by atoms with Gasteiger partial charge in [-0.25, -0.2) is 9.98 Å². The maximum absolute atomic E-state index is 6.77. The van der Waals surface area contributed by atoms with Gasteiger partial charge in [0, 0.05) is 39.6 Å². The van der Waals surface area contributed by atoms with Crippen molar-refractivity contribution in [1.82, 2.24) is 9.55 Å². The molecule has 5 nitrogen and oxygen atoms in total. The highest BCUT2D eigenvalue weighted by Gasteiger charge is 2.37. The van der Waals surface area contributed by atoms with Crippen LogP contribution in [0.1, 0.15) is 70.5 Å². The van der Waals surface area contributed by atoms with Crippen molar-refractivity contribution in [3.05, 3.63) is 166 Å². The van der Waals surface area contributed by atoms with Crippen molar-refractivity contribution in [2.45, 2.75) is 52.2 Å². The Morgan fingerprint density at radius 2 is 1.45 bits per heavy atom. The van der Waals surface area contributed by atoms with Gasteiger partial charge in [0.05, 0.1) is 11.0 Å². The van der Waals surface area contributed by atoms with Crippen LogP contribution in [-0.4, -0.2) is 15.4 Å². The highest BCUT2D eigenvalue weighted by atomic mass is 16.5. The predicted molar refractivity (Wildman–Crippen MR) is 197 cm³/mol. The molecule has 7 aromatic rings. The van der Waals surface area contributed by atoms with Gasteiger partial charge in [-0.05, 0) is 85.0 Å². The standard InChI is InChI=1S/C44H37N3O2/c1-26-19-31(43-46-39(29-13-8-6-9-14-29)41(49-43)30-15-10-7-11-16-30)24-32(20-26)48-38-25-37-33(23-28(38)3)34-21-27(2)22-36-40(34)47(37)42-35(44(36,4)5)17-12-18-45-42/h6-25,39,41H,1-5H3/t39-,41-/m1/s1. The molecule has 9 rings (SSSR count). The van der Waals surface area contributed by atoms with E-state index in [1.165, 1.54) is 33.0 Å². The molecule has 5 heteroatoms. The van der Waals surface area contributed by atoms with Crippen LogP contribution in [0.15, 0.2) is 126 Å². The number of pyridine rings is 1. The van der Waals surface area contributed by atoms with Crippen LogP contribution in [0.2, 0.25) is 0 Å². The van der Waals surface area contributed by atoms with Crippen LogP contribution in [0.3, 0.4) is 0 Å². The molecule has 0 fully saturated rings. The highest BCUT2D eigenvalue weighted by molar-refractivity contribution is 6.12. The Labute approximate surface area is 286 Å². The van der Waals surface area contributed by atoms with Gasteiger partial charge < -0.3 is 9.47 Å². The lowest BCUT2D eigenvalue weighted by atomic mass is 9.75. The lowest BCUT2D eigenvalue weighted by Crippen LogP contribution is -2.27. The Bertz CT molecular complexity index is 2460. The zero-order chi connectivity index (χ0) is 33.4. The van der Waals surface area contributed by atoms with Crippen LogP contribution >= 0.6 is 0 Å². The number of rotatable bonds is 5. The second-order valence-corrected chi connectivity index (χ2v) is 14.1. The van der Waals surface area contributed by atoms with Crippen molar-refractivity contribution in [3.63, 3.8) is 0 Å². The molecule has 2 atom stereocenters. The maximum Gasteiger partial charge on any atom is 0.217 e. The first-order chi connectivity index (χ1) is 23.8. The second-order valence-electron chi connectivity index (χ2n) is 14.1. The van der Waals surface area contributed by atoms with Gasteiger partial charge in [-0.3, -0.25) is 4.57 Å². The van der Waals surface area contributed by atoms with Gasteiger partial charge in [-0.1, -0.05) is 92.2 Å². The van der Waals surface area contributed by atoms with Gasteiger partial charge >= 0.3 is 0 Å². The number of benzene rings is 5. The molecule has 240 valence electrons. The van der Waals surface area contributed by atoms with Crippen LogP contribution in [0.25, 0.3) is 27.6 Å². The van der Waals surface area contributed by atoms with E-state index >= 15 is 0 Å². The first kappa shape index (κ1) is 29.5. The lowest BCUT2D eigenvalue weighted by Gasteiger charge is -2.34. The van der Waals surface area contributed by atoms with Crippen molar-refractivity contribution in [3.8, 4) is 17.3 Å². The Morgan fingerprint density at radius 1 is 0.714 bits per heavy atom. The minimum atomic E-state index is -0.219. The third-order valence-corrected chi connectivity index (χ3v) is 10.2. The van der Waals surface area contributed by atoms with Gasteiger partial charge in [-0.15, -0.1) is 0 Å². The largest absolute Gasteiger partial charge is 0.467 e. The molecule has 0 radical (unpaired) electrons. The number of hydrogen-bond acceptors (Lipinski definition) is 4. The first-order valence-corrected chi connectivity index (χ1v) is 17.0. The van der Waals surface area contributed by atoms with E-state index in [4.69, 9.17) is 19.5 Å². The summed E-state index contributed by atoms with van der Waals surface area (Å²) in [4.78, 5) is 10.1. The third kappa shape index (κ3) is 4.67. The summed E-state index contributed by atoms with van der Waals surface area (Å²) in [6, 6.07) is 40.2. The number of aromatic nitrogens is 2. The van der Waals surface area contributed by atoms with E-state index < -0.39 is 0 Å². The fourth-order valence-electron chi connectivity index (χ4n) is 7.84. The van der Waals surface area contributed by atoms with Crippen LogP contribution in [0.5, 0.6) is 11.5 Å². The Hall–Kier alpha value is -5.68. The smallest absolute Gasteiger partial charge is 0.217 e. The van der Waals surface area contributed by atoms with Gasteiger partial charge in [0.2, 0.25) is 5.90 Å². The highest BCUT2D eigenvalue weighted by Crippen LogP contribution is 2.48. The molecule has 2 aliphatic rings. The summed E-state index contributed by atoms with van der Waals surface area (Å²) in [5, 5.41) is 2.45. The molecule has 0 aliphatic carbocycles. The van der Waals surface area contributed by atoms with Crippen molar-refractivity contribution in [2.24, 2.45) is 4.99 Å². The Kier molecular flexibility index (Phi) is 6.57. The van der Waals surface area contributed by atoms with Crippen LogP contribution in [-0.2, 0) is 10.2 Å². The van der Waals surface area contributed by atoms with Crippen molar-refractivity contribution in [2.75, 3.05) is 0 Å². The van der Waals surface area contributed by atoms with Crippen LogP contribution < -0.4 is 4.74 Å². The fourth-order valence-corrected chi connectivity index (χ4v) is 7.84. The molecule has 0 amide bonds. The molecule has 5 aromatic carbocycles. The van der Waals surface area contributed by atoms with Gasteiger partial charge in [-0.2, -0.15) is 0 Å². The molecule has 0 bridgehead atoms. The topological polar surface area (TPSA) is 48.6 Å². The minimum Gasteiger partial charge on any atom is -0.467 e. The summed E-state index contributed by atoms with van der Waals surface area (Å²) in [5.74, 6) is 3.16. The van der Waals surface area contributed by atoms with Crippen molar-refractivity contribution >= 4 is 27.7 Å². The van der Waals surface area contributed by atoms with Gasteiger partial charge in [0.15, 0.2) is 6.10 Å². The summed E-state index contributed by atoms with van der Waals surface area (Å²) < 4.78 is 15.8. The number of aryl methyl sites for hydroxylation is 3. The minimum absolute atomic E-state index is 0.149. The van der Waals surface area contributed by atoms with E-state index in [1.807, 2.05) is 30.5 Å². The van der Waals surface area contributed by atoms with E-state index in [2.05, 4.69) is 130 Å². The average molecular weight is 640 g/mol. The second kappa shape index (κ2) is 10.9. The number of fused-ring (bicyclic) bond motifs is 5. The molecule has 0 saturated carbocycles. The summed E-state index contributed by atoms with van der Waals surface area (Å²) in [6.45, 7) is 11.0. The van der Waals surface area contributed by atoms with E-state index in [1.54, 1.807) is 0 Å². The number of hydrogen-bond donors (Lipinski definition) is 0. The molecule has 49 heavy (non-hydrogen) atoms. The molecule has 0 saturated heterocycles. The molecule has 4 heterocycles. The quantitative estimate of drug-likeness (QED) is 0.188. The van der Waals surface area contributed by atoms with E-state index in [0.29, 0.717) is 5.90 Å². The number of nitrogens with zero attached hydrogens (tertiary/aromatic N) is 3. The summed E-state index contributed by atoms with van der Waals surface area (Å²) in [5.41, 5.74) is 11.2. The van der Waals surface area contributed by atoms with E-state index in [9.17, 15) is 0 Å². The fraction of sp³-hybridized carbons (Fsp3) is 0.182. The molecule has 0 N–H and O–H groups in total.